The number of non-ortho nitro benzene ring substituents is 1. The molecule has 1 heterocycles. The smallest absolute Gasteiger partial charge is 0.271 e. The summed E-state index contributed by atoms with van der Waals surface area (Å²) >= 11 is 0. The van der Waals surface area contributed by atoms with Crippen molar-refractivity contribution in [2.45, 2.75) is 6.92 Å². The van der Waals surface area contributed by atoms with Gasteiger partial charge in [0.15, 0.2) is 5.69 Å². The molecule has 9 heteroatoms. The van der Waals surface area contributed by atoms with Crippen LogP contribution in [-0.2, 0) is 7.05 Å². The summed E-state index contributed by atoms with van der Waals surface area (Å²) in [6, 6.07) is 3.37. The number of phenolic OH excluding ortho intramolecular Hbond substituents is 1. The molecule has 0 saturated heterocycles. The number of nitro groups is 1. The zero-order valence-corrected chi connectivity index (χ0v) is 11.9. The fourth-order valence-corrected chi connectivity index (χ4v) is 1.69. The van der Waals surface area contributed by atoms with Crippen molar-refractivity contribution in [2.75, 3.05) is 0 Å². The number of hydrogen-bond donors (Lipinski definition) is 2. The van der Waals surface area contributed by atoms with Gasteiger partial charge in [-0.1, -0.05) is 6.58 Å². The molecule has 0 aliphatic heterocycles. The average Bonchev–Trinajstić information content (AvgIpc) is 2.74. The maximum absolute atomic E-state index is 10.7. The van der Waals surface area contributed by atoms with Gasteiger partial charge in [0.2, 0.25) is 5.88 Å². The third-order valence-electron chi connectivity index (χ3n) is 2.82. The number of allylic oxidation sites excluding steroid dienone is 1. The second-order valence-electron chi connectivity index (χ2n) is 4.55. The molecule has 0 aliphatic rings. The summed E-state index contributed by atoms with van der Waals surface area (Å²) in [6.07, 6.45) is 0. The SMILES string of the molecule is C=C(C)c1nn(C)c(O)c1N=Nc1cc([N+](=O)[O-])ccc1O. The highest BCUT2D eigenvalue weighted by atomic mass is 16.6. The first-order chi connectivity index (χ1) is 10.3. The van der Waals surface area contributed by atoms with Crippen LogP contribution < -0.4 is 0 Å². The maximum Gasteiger partial charge on any atom is 0.271 e. The van der Waals surface area contributed by atoms with Crippen molar-refractivity contribution in [3.05, 3.63) is 40.6 Å². The number of phenols is 1. The second kappa shape index (κ2) is 5.64. The van der Waals surface area contributed by atoms with Crippen LogP contribution in [0.2, 0.25) is 0 Å². The lowest BCUT2D eigenvalue weighted by Gasteiger charge is -1.98. The molecule has 0 bridgehead atoms. The van der Waals surface area contributed by atoms with Gasteiger partial charge in [0, 0.05) is 19.2 Å². The fourth-order valence-electron chi connectivity index (χ4n) is 1.69. The summed E-state index contributed by atoms with van der Waals surface area (Å²) in [6.45, 7) is 5.41. The number of aryl methyl sites for hydroxylation is 1. The van der Waals surface area contributed by atoms with Crippen LogP contribution >= 0.6 is 0 Å². The Morgan fingerprint density at radius 1 is 1.41 bits per heavy atom. The van der Waals surface area contributed by atoms with E-state index in [4.69, 9.17) is 0 Å². The van der Waals surface area contributed by atoms with Crippen LogP contribution in [0.3, 0.4) is 0 Å². The quantitative estimate of drug-likeness (QED) is 0.509. The van der Waals surface area contributed by atoms with Crippen LogP contribution in [0, 0.1) is 10.1 Å². The largest absolute Gasteiger partial charge is 0.506 e. The number of aromatic hydroxyl groups is 2. The van der Waals surface area contributed by atoms with E-state index in [0.717, 1.165) is 18.2 Å². The molecule has 0 unspecified atom stereocenters. The van der Waals surface area contributed by atoms with Gasteiger partial charge in [-0.15, -0.1) is 10.2 Å². The van der Waals surface area contributed by atoms with E-state index in [9.17, 15) is 20.3 Å². The Kier molecular flexibility index (Phi) is 3.89. The van der Waals surface area contributed by atoms with Crippen molar-refractivity contribution in [2.24, 2.45) is 17.3 Å². The van der Waals surface area contributed by atoms with Crippen LogP contribution in [0.5, 0.6) is 11.6 Å². The molecule has 0 atom stereocenters. The van der Waals surface area contributed by atoms with E-state index in [-0.39, 0.29) is 28.7 Å². The van der Waals surface area contributed by atoms with E-state index in [0.29, 0.717) is 11.3 Å². The molecule has 2 N–H and O–H groups in total. The van der Waals surface area contributed by atoms with Gasteiger partial charge in [-0.05, 0) is 18.6 Å². The molecule has 0 radical (unpaired) electrons. The zero-order chi connectivity index (χ0) is 16.4. The van der Waals surface area contributed by atoms with Gasteiger partial charge in [0.1, 0.15) is 17.1 Å². The van der Waals surface area contributed by atoms with Gasteiger partial charge in [-0.25, -0.2) is 4.68 Å². The normalized spacial score (nSPS) is 11.0. The van der Waals surface area contributed by atoms with E-state index in [1.54, 1.807) is 6.92 Å². The first-order valence-corrected chi connectivity index (χ1v) is 6.12. The molecule has 9 nitrogen and oxygen atoms in total. The Bertz CT molecular complexity index is 794. The van der Waals surface area contributed by atoms with Gasteiger partial charge in [-0.3, -0.25) is 10.1 Å². The number of nitrogens with zero attached hydrogens (tertiary/aromatic N) is 5. The van der Waals surface area contributed by atoms with Crippen LogP contribution in [0.1, 0.15) is 12.6 Å². The van der Waals surface area contributed by atoms with Crippen LogP contribution in [0.4, 0.5) is 17.1 Å². The lowest BCUT2D eigenvalue weighted by molar-refractivity contribution is -0.384. The number of nitro benzene ring substituents is 1. The van der Waals surface area contributed by atoms with Gasteiger partial charge in [-0.2, -0.15) is 5.10 Å². The minimum atomic E-state index is -0.612. The highest BCUT2D eigenvalue weighted by Crippen LogP contribution is 2.37. The monoisotopic (exact) mass is 303 g/mol. The van der Waals surface area contributed by atoms with Crippen molar-refractivity contribution in [1.29, 1.82) is 0 Å². The summed E-state index contributed by atoms with van der Waals surface area (Å²) in [5.74, 6) is -0.499. The summed E-state index contributed by atoms with van der Waals surface area (Å²) in [7, 11) is 1.52. The predicted molar refractivity (Wildman–Crippen MR) is 78.5 cm³/mol. The highest BCUT2D eigenvalue weighted by Gasteiger charge is 2.16. The number of rotatable bonds is 4. The second-order valence-corrected chi connectivity index (χ2v) is 4.55. The number of aromatic nitrogens is 2. The Morgan fingerprint density at radius 2 is 2.09 bits per heavy atom. The van der Waals surface area contributed by atoms with Gasteiger partial charge >= 0.3 is 0 Å². The number of hydrogen-bond acceptors (Lipinski definition) is 7. The van der Waals surface area contributed by atoms with Crippen molar-refractivity contribution in [1.82, 2.24) is 9.78 Å². The van der Waals surface area contributed by atoms with E-state index < -0.39 is 4.92 Å². The zero-order valence-electron chi connectivity index (χ0n) is 11.9. The molecule has 2 aromatic rings. The first-order valence-electron chi connectivity index (χ1n) is 6.12. The van der Waals surface area contributed by atoms with E-state index >= 15 is 0 Å². The molecule has 0 spiro atoms. The predicted octanol–water partition coefficient (Wildman–Crippen LogP) is 3.19. The minimum absolute atomic E-state index is 0.0703. The molecule has 0 amide bonds. The van der Waals surface area contributed by atoms with Crippen molar-refractivity contribution in [3.8, 4) is 11.6 Å². The van der Waals surface area contributed by atoms with Crippen molar-refractivity contribution >= 4 is 22.6 Å². The Balaban J connectivity index is 2.47. The van der Waals surface area contributed by atoms with E-state index in [1.165, 1.54) is 11.7 Å². The lowest BCUT2D eigenvalue weighted by Crippen LogP contribution is -1.89. The molecular formula is C13H13N5O4. The fraction of sp³-hybridized carbons (Fsp3) is 0.154. The third kappa shape index (κ3) is 2.77. The van der Waals surface area contributed by atoms with E-state index in [1.807, 2.05) is 0 Å². The topological polar surface area (TPSA) is 126 Å². The van der Waals surface area contributed by atoms with E-state index in [2.05, 4.69) is 21.9 Å². The molecule has 0 saturated carbocycles. The maximum atomic E-state index is 10.7. The van der Waals surface area contributed by atoms with Crippen molar-refractivity contribution < 1.29 is 15.1 Å². The third-order valence-corrected chi connectivity index (χ3v) is 2.82. The molecule has 2 rings (SSSR count). The van der Waals surface area contributed by atoms with Gasteiger partial charge in [0.25, 0.3) is 5.69 Å². The van der Waals surface area contributed by atoms with Crippen LogP contribution in [0.15, 0.2) is 35.0 Å². The summed E-state index contributed by atoms with van der Waals surface area (Å²) < 4.78 is 1.20. The number of benzene rings is 1. The molecule has 22 heavy (non-hydrogen) atoms. The average molecular weight is 303 g/mol. The Morgan fingerprint density at radius 3 is 2.68 bits per heavy atom. The molecular weight excluding hydrogens is 290 g/mol. The highest BCUT2D eigenvalue weighted by molar-refractivity contribution is 5.72. The standard InChI is InChI=1S/C13H13N5O4/c1-7(2)11-12(13(20)17(3)16-11)15-14-9-6-8(18(21)22)4-5-10(9)19/h4-6,19-20H,1H2,2-3H3. The van der Waals surface area contributed by atoms with Gasteiger partial charge < -0.3 is 10.2 Å². The summed E-state index contributed by atoms with van der Waals surface area (Å²) in [5.41, 5.74) is 0.648. The number of azo groups is 1. The molecule has 0 aliphatic carbocycles. The first kappa shape index (κ1) is 15.2. The molecule has 114 valence electrons. The van der Waals surface area contributed by atoms with Crippen LogP contribution in [0.25, 0.3) is 5.57 Å². The van der Waals surface area contributed by atoms with Crippen LogP contribution in [-0.4, -0.2) is 24.9 Å². The van der Waals surface area contributed by atoms with Crippen molar-refractivity contribution in [3.63, 3.8) is 0 Å². The Labute approximate surface area is 125 Å². The summed E-state index contributed by atoms with van der Waals surface area (Å²) in [5, 5.41) is 41.9. The molecule has 1 aromatic carbocycles. The lowest BCUT2D eigenvalue weighted by atomic mass is 10.2. The molecule has 1 aromatic heterocycles. The summed E-state index contributed by atoms with van der Waals surface area (Å²) in [4.78, 5) is 10.1. The van der Waals surface area contributed by atoms with Gasteiger partial charge in [0.05, 0.1) is 4.92 Å². The molecule has 0 fully saturated rings. The Hall–Kier alpha value is -3.23. The minimum Gasteiger partial charge on any atom is -0.506 e.